The monoisotopic (exact) mass is 452 g/mol. The third-order valence-electron chi connectivity index (χ3n) is 3.76. The second-order valence-corrected chi connectivity index (χ2v) is 7.89. The van der Waals surface area contributed by atoms with Gasteiger partial charge in [-0.25, -0.2) is 21.6 Å². The van der Waals surface area contributed by atoms with Crippen molar-refractivity contribution >= 4 is 27.3 Å². The molecular weight excluding hydrogens is 441 g/mol. The number of halogens is 4. The number of benzene rings is 2. The van der Waals surface area contributed by atoms with E-state index in [-0.39, 0.29) is 21.9 Å². The Morgan fingerprint density at radius 2 is 1.70 bits per heavy atom. The largest absolute Gasteiger partial charge is 0.494 e. The van der Waals surface area contributed by atoms with Crippen LogP contribution in [0.3, 0.4) is 0 Å². The van der Waals surface area contributed by atoms with Crippen molar-refractivity contribution in [2.45, 2.75) is 4.90 Å². The molecule has 0 atom stereocenters. The zero-order valence-corrected chi connectivity index (χ0v) is 16.8. The van der Waals surface area contributed by atoms with Gasteiger partial charge in [-0.3, -0.25) is 9.71 Å². The van der Waals surface area contributed by atoms with Crippen molar-refractivity contribution < 1.29 is 26.3 Å². The summed E-state index contributed by atoms with van der Waals surface area (Å²) in [7, 11) is -3.21. The van der Waals surface area contributed by atoms with E-state index in [0.29, 0.717) is 0 Å². The number of para-hydroxylation sites is 1. The fourth-order valence-electron chi connectivity index (χ4n) is 2.46. The maximum atomic E-state index is 14.4. The van der Waals surface area contributed by atoms with Gasteiger partial charge in [0.05, 0.1) is 18.3 Å². The molecule has 0 aliphatic rings. The molecule has 0 saturated heterocycles. The zero-order chi connectivity index (χ0) is 21.9. The summed E-state index contributed by atoms with van der Waals surface area (Å²) in [5.41, 5.74) is -0.777. The Balaban J connectivity index is 1.94. The van der Waals surface area contributed by atoms with E-state index in [4.69, 9.17) is 16.3 Å². The van der Waals surface area contributed by atoms with Crippen LogP contribution in [-0.4, -0.2) is 20.5 Å². The summed E-state index contributed by atoms with van der Waals surface area (Å²) in [6.07, 6.45) is 2.27. The highest BCUT2D eigenvalue weighted by Crippen LogP contribution is 2.33. The molecule has 0 unspecified atom stereocenters. The molecule has 0 radical (unpaired) electrons. The first-order valence-electron chi connectivity index (χ1n) is 8.18. The molecule has 10 heteroatoms. The van der Waals surface area contributed by atoms with E-state index in [1.807, 2.05) is 4.72 Å². The maximum absolute atomic E-state index is 14.4. The molecular formula is C20H12ClF3N2O3S. The van der Waals surface area contributed by atoms with Gasteiger partial charge in [0.2, 0.25) is 0 Å². The minimum atomic E-state index is -4.42. The summed E-state index contributed by atoms with van der Waals surface area (Å²) in [6, 6.07) is 6.73. The molecule has 0 spiro atoms. The number of aromatic nitrogens is 1. The molecule has 0 saturated carbocycles. The average molecular weight is 453 g/mol. The van der Waals surface area contributed by atoms with Crippen LogP contribution in [0.4, 0.5) is 18.9 Å². The zero-order valence-electron chi connectivity index (χ0n) is 15.2. The van der Waals surface area contributed by atoms with Gasteiger partial charge in [-0.15, -0.1) is 0 Å². The summed E-state index contributed by atoms with van der Waals surface area (Å²) >= 11 is 5.91. The molecule has 0 fully saturated rings. The van der Waals surface area contributed by atoms with Gasteiger partial charge in [0.15, 0.2) is 17.4 Å². The lowest BCUT2D eigenvalue weighted by Gasteiger charge is -2.13. The van der Waals surface area contributed by atoms with E-state index in [1.54, 1.807) is 0 Å². The predicted molar refractivity (Wildman–Crippen MR) is 105 cm³/mol. The van der Waals surface area contributed by atoms with Crippen molar-refractivity contribution in [2.24, 2.45) is 0 Å². The number of hydrogen-bond acceptors (Lipinski definition) is 4. The number of pyridine rings is 1. The maximum Gasteiger partial charge on any atom is 0.265 e. The molecule has 0 aliphatic heterocycles. The van der Waals surface area contributed by atoms with Crippen molar-refractivity contribution in [3.63, 3.8) is 0 Å². The third-order valence-corrected chi connectivity index (χ3v) is 5.43. The number of ether oxygens (including phenoxy) is 1. The Morgan fingerprint density at radius 3 is 2.33 bits per heavy atom. The first kappa shape index (κ1) is 21.5. The highest BCUT2D eigenvalue weighted by Gasteiger charge is 2.24. The Kier molecular flexibility index (Phi) is 6.20. The lowest BCUT2D eigenvalue weighted by molar-refractivity contribution is 0.403. The van der Waals surface area contributed by atoms with E-state index < -0.39 is 38.1 Å². The van der Waals surface area contributed by atoms with Gasteiger partial charge in [0.25, 0.3) is 10.0 Å². The summed E-state index contributed by atoms with van der Waals surface area (Å²) < 4.78 is 74.1. The summed E-state index contributed by atoms with van der Waals surface area (Å²) in [5, 5.41) is 0.0128. The van der Waals surface area contributed by atoms with Gasteiger partial charge < -0.3 is 4.74 Å². The quantitative estimate of drug-likeness (QED) is 0.597. The molecule has 1 N–H and O–H groups in total. The Hall–Kier alpha value is -3.22. The van der Waals surface area contributed by atoms with Gasteiger partial charge in [-0.05, 0) is 30.3 Å². The lowest BCUT2D eigenvalue weighted by Crippen LogP contribution is -2.16. The van der Waals surface area contributed by atoms with E-state index >= 15 is 0 Å². The fourth-order valence-corrected chi connectivity index (χ4v) is 4.03. The Labute approximate surface area is 175 Å². The number of sulfonamides is 1. The first-order valence-corrected chi connectivity index (χ1v) is 10.0. The second kappa shape index (κ2) is 8.65. The van der Waals surface area contributed by atoms with Gasteiger partial charge in [0.1, 0.15) is 16.4 Å². The highest BCUT2D eigenvalue weighted by molar-refractivity contribution is 7.92. The smallest absolute Gasteiger partial charge is 0.265 e. The van der Waals surface area contributed by atoms with Gasteiger partial charge in [-0.2, -0.15) is 0 Å². The SMILES string of the molecule is COc1c(Cl)cccc1S(=O)(=O)Nc1c(F)cc(C#Cc2cncc(F)c2)cc1F. The highest BCUT2D eigenvalue weighted by atomic mass is 35.5. The van der Waals surface area contributed by atoms with E-state index in [9.17, 15) is 21.6 Å². The van der Waals surface area contributed by atoms with E-state index in [2.05, 4.69) is 16.8 Å². The molecule has 1 aromatic heterocycles. The number of rotatable bonds is 4. The summed E-state index contributed by atoms with van der Waals surface area (Å²) in [4.78, 5) is 3.22. The molecule has 0 aliphatic carbocycles. The van der Waals surface area contributed by atoms with Crippen LogP contribution in [0.5, 0.6) is 5.75 Å². The van der Waals surface area contributed by atoms with Crippen LogP contribution in [0.25, 0.3) is 0 Å². The van der Waals surface area contributed by atoms with Crippen molar-refractivity contribution in [3.05, 3.63) is 82.4 Å². The van der Waals surface area contributed by atoms with Crippen LogP contribution >= 0.6 is 11.6 Å². The summed E-state index contributed by atoms with van der Waals surface area (Å²) in [6.45, 7) is 0. The molecule has 5 nitrogen and oxygen atoms in total. The molecule has 154 valence electrons. The molecule has 0 bridgehead atoms. The van der Waals surface area contributed by atoms with Crippen LogP contribution in [0.15, 0.2) is 53.7 Å². The number of hydrogen-bond donors (Lipinski definition) is 1. The molecule has 3 rings (SSSR count). The molecule has 30 heavy (non-hydrogen) atoms. The van der Waals surface area contributed by atoms with Gasteiger partial charge in [-0.1, -0.05) is 29.5 Å². The normalized spacial score (nSPS) is 10.8. The van der Waals surface area contributed by atoms with E-state index in [1.165, 1.54) is 31.5 Å². The molecule has 0 amide bonds. The van der Waals surface area contributed by atoms with Gasteiger partial charge >= 0.3 is 0 Å². The lowest BCUT2D eigenvalue weighted by atomic mass is 10.1. The predicted octanol–water partition coefficient (Wildman–Crippen LogP) is 4.36. The number of nitrogens with one attached hydrogen (secondary N) is 1. The van der Waals surface area contributed by atoms with Crippen LogP contribution < -0.4 is 9.46 Å². The number of methoxy groups -OCH3 is 1. The van der Waals surface area contributed by atoms with Gasteiger partial charge in [0, 0.05) is 17.3 Å². The number of nitrogens with zero attached hydrogens (tertiary/aromatic N) is 1. The van der Waals surface area contributed by atoms with Crippen molar-refractivity contribution in [1.29, 1.82) is 0 Å². The first-order chi connectivity index (χ1) is 14.2. The molecule has 3 aromatic rings. The molecule has 1 heterocycles. The fraction of sp³-hybridized carbons (Fsp3) is 0.0500. The topological polar surface area (TPSA) is 68.3 Å². The van der Waals surface area contributed by atoms with Crippen LogP contribution in [0.2, 0.25) is 5.02 Å². The number of anilines is 1. The Morgan fingerprint density at radius 1 is 1.03 bits per heavy atom. The molecule has 2 aromatic carbocycles. The van der Waals surface area contributed by atoms with E-state index in [0.717, 1.165) is 24.4 Å². The summed E-state index contributed by atoms with van der Waals surface area (Å²) in [5.74, 6) is 1.82. The standard InChI is InChI=1S/C20H12ClF3N2O3S/c1-29-20-15(21)3-2-4-18(20)30(27,28)26-19-16(23)8-12(9-17(19)24)5-6-13-7-14(22)11-25-10-13/h2-4,7-11,26H,1H3. The van der Waals surface area contributed by atoms with Crippen LogP contribution in [0.1, 0.15) is 11.1 Å². The Bertz CT molecular complexity index is 1260. The minimum Gasteiger partial charge on any atom is -0.494 e. The minimum absolute atomic E-state index is 0.0128. The van der Waals surface area contributed by atoms with Crippen LogP contribution in [0, 0.1) is 29.3 Å². The van der Waals surface area contributed by atoms with Crippen molar-refractivity contribution in [3.8, 4) is 17.6 Å². The average Bonchev–Trinajstić information content (AvgIpc) is 2.69. The van der Waals surface area contributed by atoms with Crippen LogP contribution in [-0.2, 0) is 10.0 Å². The van der Waals surface area contributed by atoms with Crippen molar-refractivity contribution in [1.82, 2.24) is 4.98 Å². The third kappa shape index (κ3) is 4.67. The van der Waals surface area contributed by atoms with Crippen molar-refractivity contribution in [2.75, 3.05) is 11.8 Å². The second-order valence-electron chi connectivity index (χ2n) is 5.83.